The van der Waals surface area contributed by atoms with E-state index in [1.54, 1.807) is 6.08 Å². The van der Waals surface area contributed by atoms with Crippen LogP contribution >= 0.6 is 0 Å². The number of hydrogen-bond acceptors (Lipinski definition) is 4. The van der Waals surface area contributed by atoms with Gasteiger partial charge in [-0.25, -0.2) is 4.79 Å². The van der Waals surface area contributed by atoms with Crippen molar-refractivity contribution in [2.75, 3.05) is 6.61 Å². The van der Waals surface area contributed by atoms with E-state index in [2.05, 4.69) is 0 Å². The van der Waals surface area contributed by atoms with Gasteiger partial charge < -0.3 is 14.9 Å². The number of aryl methyl sites for hydroxylation is 2. The van der Waals surface area contributed by atoms with Gasteiger partial charge in [-0.15, -0.1) is 0 Å². The fourth-order valence-corrected chi connectivity index (χ4v) is 2.38. The van der Waals surface area contributed by atoms with Crippen LogP contribution in [-0.2, 0) is 17.6 Å². The number of benzene rings is 2. The van der Waals surface area contributed by atoms with Crippen molar-refractivity contribution < 1.29 is 19.7 Å². The van der Waals surface area contributed by atoms with Crippen LogP contribution in [0.5, 0.6) is 11.5 Å². The Morgan fingerprint density at radius 3 is 2.46 bits per heavy atom. The van der Waals surface area contributed by atoms with Gasteiger partial charge in [0.1, 0.15) is 23.7 Å². The van der Waals surface area contributed by atoms with E-state index in [1.165, 1.54) is 6.07 Å². The van der Waals surface area contributed by atoms with Gasteiger partial charge in [-0.2, -0.15) is 0 Å². The van der Waals surface area contributed by atoms with Crippen LogP contribution < -0.4 is 0 Å². The van der Waals surface area contributed by atoms with Crippen molar-refractivity contribution in [3.05, 3.63) is 70.8 Å². The normalized spacial score (nSPS) is 10.2. The summed E-state index contributed by atoms with van der Waals surface area (Å²) in [5.74, 6) is -0.926. The van der Waals surface area contributed by atoms with E-state index in [0.29, 0.717) is 18.4 Å². The first-order valence-electron chi connectivity index (χ1n) is 7.86. The Morgan fingerprint density at radius 2 is 1.79 bits per heavy atom. The van der Waals surface area contributed by atoms with Gasteiger partial charge in [0.05, 0.1) is 0 Å². The molecule has 126 valence electrons. The molecule has 0 aliphatic carbocycles. The van der Waals surface area contributed by atoms with Crippen molar-refractivity contribution in [2.45, 2.75) is 26.7 Å². The van der Waals surface area contributed by atoms with Crippen LogP contribution in [0.15, 0.2) is 54.1 Å². The maximum absolute atomic E-state index is 12.3. The molecule has 0 fully saturated rings. The van der Waals surface area contributed by atoms with E-state index < -0.39 is 5.97 Å². The Labute approximate surface area is 142 Å². The zero-order chi connectivity index (χ0) is 17.5. The average Bonchev–Trinajstić information content (AvgIpc) is 2.52. The predicted molar refractivity (Wildman–Crippen MR) is 93.3 cm³/mol. The maximum Gasteiger partial charge on any atom is 0.342 e. The van der Waals surface area contributed by atoms with Gasteiger partial charge in [-0.3, -0.25) is 0 Å². The van der Waals surface area contributed by atoms with Gasteiger partial charge in [0.15, 0.2) is 0 Å². The first-order valence-corrected chi connectivity index (χ1v) is 7.86. The average molecular weight is 326 g/mol. The third-order valence-electron chi connectivity index (χ3n) is 3.62. The summed E-state index contributed by atoms with van der Waals surface area (Å²) in [6.45, 7) is 3.98. The first kappa shape index (κ1) is 17.6. The first-order chi connectivity index (χ1) is 11.5. The SMILES string of the molecule is CC(C)=CCOC(=O)c1c(O)cc(O)cc1CCc1ccccc1. The summed E-state index contributed by atoms with van der Waals surface area (Å²) < 4.78 is 5.20. The summed E-state index contributed by atoms with van der Waals surface area (Å²) in [6, 6.07) is 12.5. The quantitative estimate of drug-likeness (QED) is 0.622. The Morgan fingerprint density at radius 1 is 1.08 bits per heavy atom. The largest absolute Gasteiger partial charge is 0.508 e. The number of phenols is 2. The lowest BCUT2D eigenvalue weighted by molar-refractivity contribution is 0.0544. The number of aromatic hydroxyl groups is 2. The van der Waals surface area contributed by atoms with E-state index in [1.807, 2.05) is 44.2 Å². The topological polar surface area (TPSA) is 66.8 Å². The number of carbonyl (C=O) groups excluding carboxylic acids is 1. The van der Waals surface area contributed by atoms with Gasteiger partial charge in [0.2, 0.25) is 0 Å². The van der Waals surface area contributed by atoms with Crippen molar-refractivity contribution in [3.8, 4) is 11.5 Å². The molecule has 2 N–H and O–H groups in total. The fourth-order valence-electron chi connectivity index (χ4n) is 2.38. The summed E-state index contributed by atoms with van der Waals surface area (Å²) >= 11 is 0. The Bertz CT molecular complexity index is 729. The van der Waals surface area contributed by atoms with Gasteiger partial charge in [-0.1, -0.05) is 35.9 Å². The van der Waals surface area contributed by atoms with Crippen molar-refractivity contribution in [1.29, 1.82) is 0 Å². The van der Waals surface area contributed by atoms with Crippen molar-refractivity contribution in [2.24, 2.45) is 0 Å². The highest BCUT2D eigenvalue weighted by Crippen LogP contribution is 2.29. The number of rotatable bonds is 6. The summed E-state index contributed by atoms with van der Waals surface area (Å²) in [6.07, 6.45) is 3.00. The molecule has 4 heteroatoms. The van der Waals surface area contributed by atoms with E-state index >= 15 is 0 Å². The number of ether oxygens (including phenoxy) is 1. The van der Waals surface area contributed by atoms with Gasteiger partial charge >= 0.3 is 5.97 Å². The Hall–Kier alpha value is -2.75. The van der Waals surface area contributed by atoms with Crippen molar-refractivity contribution in [1.82, 2.24) is 0 Å². The molecule has 24 heavy (non-hydrogen) atoms. The smallest absolute Gasteiger partial charge is 0.342 e. The standard InChI is InChI=1S/C20H22O4/c1-14(2)10-11-24-20(23)19-16(12-17(21)13-18(19)22)9-8-15-6-4-3-5-7-15/h3-7,10,12-13,21-22H,8-9,11H2,1-2H3. The molecule has 0 aliphatic heterocycles. The third kappa shape index (κ3) is 4.88. The molecule has 2 aromatic carbocycles. The summed E-state index contributed by atoms with van der Waals surface area (Å²) in [4.78, 5) is 12.3. The van der Waals surface area contributed by atoms with Gasteiger partial charge in [0, 0.05) is 6.07 Å². The summed E-state index contributed by atoms with van der Waals surface area (Å²) in [7, 11) is 0. The van der Waals surface area contributed by atoms with Crippen LogP contribution in [-0.4, -0.2) is 22.8 Å². The van der Waals surface area contributed by atoms with Crippen molar-refractivity contribution >= 4 is 5.97 Å². The molecule has 0 atom stereocenters. The summed E-state index contributed by atoms with van der Waals surface area (Å²) in [5, 5.41) is 19.8. The molecule has 0 saturated heterocycles. The van der Waals surface area contributed by atoms with E-state index in [0.717, 1.165) is 17.2 Å². The minimum absolute atomic E-state index is 0.0728. The number of carbonyl (C=O) groups is 1. The van der Waals surface area contributed by atoms with Crippen LogP contribution in [0.1, 0.15) is 35.3 Å². The van der Waals surface area contributed by atoms with E-state index in [4.69, 9.17) is 4.74 Å². The minimum atomic E-state index is -0.590. The molecular weight excluding hydrogens is 304 g/mol. The molecule has 0 aliphatic rings. The molecule has 0 unspecified atom stereocenters. The molecule has 0 spiro atoms. The van der Waals surface area contributed by atoms with Gasteiger partial charge in [0.25, 0.3) is 0 Å². The highest BCUT2D eigenvalue weighted by atomic mass is 16.5. The highest BCUT2D eigenvalue weighted by molar-refractivity contribution is 5.94. The molecule has 0 heterocycles. The lowest BCUT2D eigenvalue weighted by Gasteiger charge is -2.12. The summed E-state index contributed by atoms with van der Waals surface area (Å²) in [5.41, 5.74) is 2.84. The molecule has 4 nitrogen and oxygen atoms in total. The zero-order valence-electron chi connectivity index (χ0n) is 14.0. The highest BCUT2D eigenvalue weighted by Gasteiger charge is 2.19. The fraction of sp³-hybridized carbons (Fsp3) is 0.250. The Kier molecular flexibility index (Phi) is 6.01. The molecule has 2 aromatic rings. The second kappa shape index (κ2) is 8.20. The molecule has 0 bridgehead atoms. The molecule has 0 aromatic heterocycles. The van der Waals surface area contributed by atoms with E-state index in [9.17, 15) is 15.0 Å². The predicted octanol–water partition coefficient (Wildman–Crippen LogP) is 4.01. The van der Waals surface area contributed by atoms with Crippen LogP contribution in [0.2, 0.25) is 0 Å². The number of allylic oxidation sites excluding steroid dienone is 1. The zero-order valence-corrected chi connectivity index (χ0v) is 14.0. The molecular formula is C20H22O4. The lowest BCUT2D eigenvalue weighted by atomic mass is 9.98. The number of esters is 1. The van der Waals surface area contributed by atoms with Crippen molar-refractivity contribution in [3.63, 3.8) is 0 Å². The van der Waals surface area contributed by atoms with Crippen LogP contribution in [0.3, 0.4) is 0 Å². The lowest BCUT2D eigenvalue weighted by Crippen LogP contribution is -2.10. The molecule has 2 rings (SSSR count). The van der Waals surface area contributed by atoms with E-state index in [-0.39, 0.29) is 23.7 Å². The third-order valence-corrected chi connectivity index (χ3v) is 3.62. The number of phenolic OH excluding ortho intramolecular Hbond substituents is 2. The minimum Gasteiger partial charge on any atom is -0.508 e. The maximum atomic E-state index is 12.3. The molecule has 0 saturated carbocycles. The second-order valence-electron chi connectivity index (χ2n) is 5.86. The second-order valence-corrected chi connectivity index (χ2v) is 5.86. The van der Waals surface area contributed by atoms with Crippen LogP contribution in [0.4, 0.5) is 0 Å². The Balaban J connectivity index is 2.20. The molecule has 0 amide bonds. The van der Waals surface area contributed by atoms with Gasteiger partial charge in [-0.05, 0) is 50.0 Å². The molecule has 0 radical (unpaired) electrons. The van der Waals surface area contributed by atoms with Crippen LogP contribution in [0.25, 0.3) is 0 Å². The monoisotopic (exact) mass is 326 g/mol. The number of hydrogen-bond donors (Lipinski definition) is 2. The van der Waals surface area contributed by atoms with Crippen LogP contribution in [0, 0.1) is 0 Å².